The standard InChI is InChI=1S/C14H29NO/c1-6-8-9-10-13(15-11-7-2)14(16-5)12(3)4/h6,12-15H,1,7-11H2,2-5H3. The molecule has 2 heteroatoms. The fraction of sp³-hybridized carbons (Fsp3) is 0.857. The van der Waals surface area contributed by atoms with Gasteiger partial charge in [-0.2, -0.15) is 0 Å². The molecule has 0 fully saturated rings. The van der Waals surface area contributed by atoms with Crippen molar-refractivity contribution in [1.82, 2.24) is 5.32 Å². The van der Waals surface area contributed by atoms with E-state index in [-0.39, 0.29) is 0 Å². The average molecular weight is 227 g/mol. The Morgan fingerprint density at radius 1 is 1.38 bits per heavy atom. The predicted molar refractivity (Wildman–Crippen MR) is 71.8 cm³/mol. The van der Waals surface area contributed by atoms with Crippen LogP contribution in [0.3, 0.4) is 0 Å². The molecule has 0 aromatic rings. The van der Waals surface area contributed by atoms with Gasteiger partial charge in [-0.25, -0.2) is 0 Å². The summed E-state index contributed by atoms with van der Waals surface area (Å²) in [5, 5.41) is 3.60. The lowest BCUT2D eigenvalue weighted by atomic mass is 9.95. The lowest BCUT2D eigenvalue weighted by molar-refractivity contribution is 0.0302. The molecule has 0 aliphatic rings. The first kappa shape index (κ1) is 15.7. The monoisotopic (exact) mass is 227 g/mol. The summed E-state index contributed by atoms with van der Waals surface area (Å²) in [4.78, 5) is 0. The van der Waals surface area contributed by atoms with Crippen molar-refractivity contribution in [3.05, 3.63) is 12.7 Å². The lowest BCUT2D eigenvalue weighted by Crippen LogP contribution is -2.44. The minimum absolute atomic E-state index is 0.316. The molecule has 0 bridgehead atoms. The van der Waals surface area contributed by atoms with Gasteiger partial charge in [0, 0.05) is 13.2 Å². The molecule has 0 aliphatic carbocycles. The van der Waals surface area contributed by atoms with Gasteiger partial charge in [-0.15, -0.1) is 6.58 Å². The van der Waals surface area contributed by atoms with E-state index >= 15 is 0 Å². The molecule has 2 atom stereocenters. The van der Waals surface area contributed by atoms with E-state index in [0.29, 0.717) is 18.1 Å². The second kappa shape index (κ2) is 9.86. The Balaban J connectivity index is 4.19. The summed E-state index contributed by atoms with van der Waals surface area (Å²) >= 11 is 0. The number of ether oxygens (including phenoxy) is 1. The maximum atomic E-state index is 5.61. The maximum Gasteiger partial charge on any atom is 0.0747 e. The molecular formula is C14H29NO. The van der Waals surface area contributed by atoms with E-state index < -0.39 is 0 Å². The first-order valence-corrected chi connectivity index (χ1v) is 6.54. The molecule has 0 heterocycles. The fourth-order valence-electron chi connectivity index (χ4n) is 2.10. The third-order valence-corrected chi connectivity index (χ3v) is 2.91. The highest BCUT2D eigenvalue weighted by Gasteiger charge is 2.22. The van der Waals surface area contributed by atoms with E-state index in [4.69, 9.17) is 4.74 Å². The lowest BCUT2D eigenvalue weighted by Gasteiger charge is -2.30. The molecule has 0 aromatic heterocycles. The molecule has 0 saturated heterocycles. The summed E-state index contributed by atoms with van der Waals surface area (Å²) in [5.41, 5.74) is 0. The summed E-state index contributed by atoms with van der Waals surface area (Å²) in [5.74, 6) is 0.558. The number of rotatable bonds is 10. The van der Waals surface area contributed by atoms with Crippen LogP contribution < -0.4 is 5.32 Å². The Bertz CT molecular complexity index is 168. The van der Waals surface area contributed by atoms with Crippen LogP contribution in [0.15, 0.2) is 12.7 Å². The Morgan fingerprint density at radius 2 is 2.06 bits per heavy atom. The van der Waals surface area contributed by atoms with Gasteiger partial charge in [0.15, 0.2) is 0 Å². The second-order valence-electron chi connectivity index (χ2n) is 4.72. The Kier molecular flexibility index (Phi) is 9.65. The summed E-state index contributed by atoms with van der Waals surface area (Å²) < 4.78 is 5.61. The van der Waals surface area contributed by atoms with Crippen LogP contribution in [0.5, 0.6) is 0 Å². The average Bonchev–Trinajstić information content (AvgIpc) is 2.25. The van der Waals surface area contributed by atoms with E-state index in [2.05, 4.69) is 32.7 Å². The number of nitrogens with one attached hydrogen (secondary N) is 1. The van der Waals surface area contributed by atoms with Crippen LogP contribution in [0.2, 0.25) is 0 Å². The number of hydrogen-bond acceptors (Lipinski definition) is 2. The Hall–Kier alpha value is -0.340. The molecule has 0 amide bonds. The molecule has 0 saturated carbocycles. The van der Waals surface area contributed by atoms with Crippen molar-refractivity contribution >= 4 is 0 Å². The second-order valence-corrected chi connectivity index (χ2v) is 4.72. The Labute approximate surface area is 101 Å². The molecule has 96 valence electrons. The molecule has 0 radical (unpaired) electrons. The topological polar surface area (TPSA) is 21.3 Å². The highest BCUT2D eigenvalue weighted by Crippen LogP contribution is 2.15. The number of unbranched alkanes of at least 4 members (excludes halogenated alkanes) is 1. The van der Waals surface area contributed by atoms with Gasteiger partial charge in [0.25, 0.3) is 0 Å². The van der Waals surface area contributed by atoms with Gasteiger partial charge in [-0.1, -0.05) is 26.8 Å². The van der Waals surface area contributed by atoms with E-state index in [1.54, 1.807) is 0 Å². The fourth-order valence-corrected chi connectivity index (χ4v) is 2.10. The highest BCUT2D eigenvalue weighted by atomic mass is 16.5. The zero-order valence-corrected chi connectivity index (χ0v) is 11.5. The van der Waals surface area contributed by atoms with Crippen molar-refractivity contribution < 1.29 is 4.74 Å². The summed E-state index contributed by atoms with van der Waals surface area (Å²) in [6.45, 7) is 11.5. The predicted octanol–water partition coefficient (Wildman–Crippen LogP) is 3.38. The molecule has 16 heavy (non-hydrogen) atoms. The van der Waals surface area contributed by atoms with Crippen molar-refractivity contribution in [2.45, 2.75) is 58.6 Å². The van der Waals surface area contributed by atoms with Crippen molar-refractivity contribution in [2.24, 2.45) is 5.92 Å². The van der Waals surface area contributed by atoms with Gasteiger partial charge in [0.1, 0.15) is 0 Å². The van der Waals surface area contributed by atoms with Crippen LogP contribution in [0.4, 0.5) is 0 Å². The quantitative estimate of drug-likeness (QED) is 0.456. The molecule has 0 aliphatic heterocycles. The van der Waals surface area contributed by atoms with E-state index in [1.807, 2.05) is 13.2 Å². The smallest absolute Gasteiger partial charge is 0.0747 e. The third kappa shape index (κ3) is 6.29. The van der Waals surface area contributed by atoms with E-state index in [1.165, 1.54) is 19.3 Å². The van der Waals surface area contributed by atoms with Gasteiger partial charge in [-0.05, 0) is 38.1 Å². The minimum Gasteiger partial charge on any atom is -0.380 e. The van der Waals surface area contributed by atoms with Gasteiger partial charge in [0.2, 0.25) is 0 Å². The zero-order chi connectivity index (χ0) is 12.4. The summed E-state index contributed by atoms with van der Waals surface area (Å²) in [6, 6.07) is 0.477. The van der Waals surface area contributed by atoms with E-state index in [9.17, 15) is 0 Å². The maximum absolute atomic E-state index is 5.61. The van der Waals surface area contributed by atoms with Gasteiger partial charge >= 0.3 is 0 Å². The van der Waals surface area contributed by atoms with Crippen LogP contribution >= 0.6 is 0 Å². The van der Waals surface area contributed by atoms with Gasteiger partial charge < -0.3 is 10.1 Å². The molecule has 1 N–H and O–H groups in total. The number of methoxy groups -OCH3 is 1. The minimum atomic E-state index is 0.316. The largest absolute Gasteiger partial charge is 0.380 e. The van der Waals surface area contributed by atoms with Gasteiger partial charge in [-0.3, -0.25) is 0 Å². The van der Waals surface area contributed by atoms with Gasteiger partial charge in [0.05, 0.1) is 6.10 Å². The van der Waals surface area contributed by atoms with Crippen LogP contribution in [-0.4, -0.2) is 25.8 Å². The van der Waals surface area contributed by atoms with Crippen molar-refractivity contribution in [3.8, 4) is 0 Å². The van der Waals surface area contributed by atoms with Crippen LogP contribution in [0, 0.1) is 5.92 Å². The first-order chi connectivity index (χ1) is 7.67. The summed E-state index contributed by atoms with van der Waals surface area (Å²) in [7, 11) is 1.82. The normalized spacial score (nSPS) is 15.1. The molecule has 0 spiro atoms. The molecule has 2 nitrogen and oxygen atoms in total. The molecular weight excluding hydrogens is 198 g/mol. The SMILES string of the molecule is C=CCCCC(NCCC)C(OC)C(C)C. The van der Waals surface area contributed by atoms with Crippen LogP contribution in [0.25, 0.3) is 0 Å². The Morgan fingerprint density at radius 3 is 2.50 bits per heavy atom. The number of hydrogen-bond donors (Lipinski definition) is 1. The third-order valence-electron chi connectivity index (χ3n) is 2.91. The molecule has 2 unspecified atom stereocenters. The molecule has 0 rings (SSSR count). The van der Waals surface area contributed by atoms with Crippen molar-refractivity contribution in [2.75, 3.05) is 13.7 Å². The van der Waals surface area contributed by atoms with Crippen LogP contribution in [0.1, 0.15) is 46.5 Å². The molecule has 0 aromatic carbocycles. The first-order valence-electron chi connectivity index (χ1n) is 6.54. The van der Waals surface area contributed by atoms with Crippen LogP contribution in [-0.2, 0) is 4.74 Å². The number of allylic oxidation sites excluding steroid dienone is 1. The highest BCUT2D eigenvalue weighted by molar-refractivity contribution is 4.80. The van der Waals surface area contributed by atoms with E-state index in [0.717, 1.165) is 13.0 Å². The van der Waals surface area contributed by atoms with Crippen molar-refractivity contribution in [1.29, 1.82) is 0 Å². The zero-order valence-electron chi connectivity index (χ0n) is 11.5. The summed E-state index contributed by atoms with van der Waals surface area (Å²) in [6.07, 6.45) is 6.94. The van der Waals surface area contributed by atoms with Crippen molar-refractivity contribution in [3.63, 3.8) is 0 Å².